The number of piperazine rings is 1. The van der Waals surface area contributed by atoms with E-state index in [0.717, 1.165) is 0 Å². The maximum Gasteiger partial charge on any atom is 0.240 e. The highest BCUT2D eigenvalue weighted by molar-refractivity contribution is 7.93. The lowest BCUT2D eigenvalue weighted by molar-refractivity contribution is -0.135. The van der Waals surface area contributed by atoms with Crippen LogP contribution in [0.3, 0.4) is 0 Å². The van der Waals surface area contributed by atoms with Crippen LogP contribution < -0.4 is 15.8 Å². The van der Waals surface area contributed by atoms with Crippen molar-refractivity contribution >= 4 is 32.7 Å². The molecule has 1 amide bonds. The van der Waals surface area contributed by atoms with Gasteiger partial charge >= 0.3 is 0 Å². The predicted molar refractivity (Wildman–Crippen MR) is 94.2 cm³/mol. The molecule has 0 aliphatic carbocycles. The Morgan fingerprint density at radius 1 is 1.50 bits per heavy atom. The molecule has 2 aliphatic rings. The lowest BCUT2D eigenvalue weighted by Gasteiger charge is -2.42. The Balaban J connectivity index is 1.91. The molecule has 2 aliphatic heterocycles. The smallest absolute Gasteiger partial charge is 0.240 e. The fourth-order valence-electron chi connectivity index (χ4n) is 2.62. The summed E-state index contributed by atoms with van der Waals surface area (Å²) in [5, 5.41) is 3.21. The predicted octanol–water partition coefficient (Wildman–Crippen LogP) is -0.284. The quantitative estimate of drug-likeness (QED) is 0.588. The minimum Gasteiger partial charge on any atom is -0.353 e. The first-order chi connectivity index (χ1) is 11.1. The maximum absolute atomic E-state index is 12.2. The Morgan fingerprint density at radius 2 is 2.21 bits per heavy atom. The summed E-state index contributed by atoms with van der Waals surface area (Å²) in [7, 11) is -3.61. The lowest BCUT2D eigenvalue weighted by atomic mass is 9.98. The van der Waals surface area contributed by atoms with Gasteiger partial charge < -0.3 is 11.1 Å². The van der Waals surface area contributed by atoms with E-state index in [2.05, 4.69) is 15.0 Å². The second-order valence-corrected chi connectivity index (χ2v) is 8.73. The number of amides is 1. The van der Waals surface area contributed by atoms with Gasteiger partial charge in [-0.25, -0.2) is 18.1 Å². The molecular weight excluding hydrogens is 354 g/mol. The number of hydrogen-bond donors (Lipinski definition) is 3. The highest BCUT2D eigenvalue weighted by atomic mass is 35.5. The molecule has 0 spiro atoms. The van der Waals surface area contributed by atoms with Crippen molar-refractivity contribution in [3.63, 3.8) is 0 Å². The number of hydrogen-bond acceptors (Lipinski definition) is 6. The largest absolute Gasteiger partial charge is 0.353 e. The number of nitrogens with one attached hydrogen (secondary N) is 2. The van der Waals surface area contributed by atoms with Crippen LogP contribution >= 0.6 is 11.6 Å². The molecule has 0 bridgehead atoms. The molecule has 0 radical (unpaired) electrons. The first-order valence-corrected chi connectivity index (χ1v) is 9.69. The molecule has 0 aromatic rings. The molecule has 10 heteroatoms. The van der Waals surface area contributed by atoms with E-state index in [1.54, 1.807) is 0 Å². The number of nitrogens with zero attached hydrogens (tertiary/aromatic N) is 2. The van der Waals surface area contributed by atoms with Crippen molar-refractivity contribution < 1.29 is 13.2 Å². The van der Waals surface area contributed by atoms with Gasteiger partial charge in [-0.15, -0.1) is 0 Å². The van der Waals surface area contributed by atoms with E-state index in [0.29, 0.717) is 37.6 Å². The molecule has 1 fully saturated rings. The van der Waals surface area contributed by atoms with E-state index in [1.807, 2.05) is 18.7 Å². The van der Waals surface area contributed by atoms with E-state index in [4.69, 9.17) is 17.3 Å². The molecule has 0 aromatic heterocycles. The topological polar surface area (TPSA) is 117 Å². The van der Waals surface area contributed by atoms with Crippen molar-refractivity contribution in [3.05, 3.63) is 11.1 Å². The van der Waals surface area contributed by atoms with Crippen LogP contribution in [-0.2, 0) is 14.8 Å². The van der Waals surface area contributed by atoms with Gasteiger partial charge in [0.25, 0.3) is 0 Å². The zero-order valence-electron chi connectivity index (χ0n) is 13.9. The Morgan fingerprint density at radius 3 is 2.83 bits per heavy atom. The fourth-order valence-corrected chi connectivity index (χ4v) is 3.95. The molecule has 1 atom stereocenters. The summed E-state index contributed by atoms with van der Waals surface area (Å²) >= 11 is 5.74. The first kappa shape index (κ1) is 19.3. The lowest BCUT2D eigenvalue weighted by Crippen LogP contribution is -2.64. The Bertz CT molecular complexity index is 659. The molecule has 1 saturated heterocycles. The molecule has 136 valence electrons. The minimum absolute atomic E-state index is 0.0522. The summed E-state index contributed by atoms with van der Waals surface area (Å²) in [6.07, 6.45) is 2.02. The zero-order valence-corrected chi connectivity index (χ0v) is 15.5. The van der Waals surface area contributed by atoms with Crippen LogP contribution in [-0.4, -0.2) is 62.2 Å². The molecule has 2 heterocycles. The van der Waals surface area contributed by atoms with Gasteiger partial charge in [0, 0.05) is 44.8 Å². The number of halogens is 1. The molecule has 1 unspecified atom stereocenters. The van der Waals surface area contributed by atoms with Gasteiger partial charge in [0.05, 0.1) is 10.4 Å². The SMILES string of the molecule is CC1(C)C(=O)NCCN1CC(N)CNS(=O)(=O)C1=CN=C(Cl)CC1. The summed E-state index contributed by atoms with van der Waals surface area (Å²) in [5.41, 5.74) is 5.40. The number of aliphatic imine (C=N–C) groups is 1. The van der Waals surface area contributed by atoms with Gasteiger partial charge in [-0.05, 0) is 20.3 Å². The van der Waals surface area contributed by atoms with E-state index >= 15 is 0 Å². The van der Waals surface area contributed by atoms with Crippen LogP contribution in [0.4, 0.5) is 0 Å². The molecule has 4 N–H and O–H groups in total. The average molecular weight is 378 g/mol. The van der Waals surface area contributed by atoms with Gasteiger partial charge in [0.2, 0.25) is 15.9 Å². The van der Waals surface area contributed by atoms with Crippen LogP contribution in [0.5, 0.6) is 0 Å². The van der Waals surface area contributed by atoms with Crippen LogP contribution in [0.25, 0.3) is 0 Å². The Kier molecular flexibility index (Phi) is 6.03. The molecule has 24 heavy (non-hydrogen) atoms. The van der Waals surface area contributed by atoms with E-state index in [9.17, 15) is 13.2 Å². The summed E-state index contributed by atoms with van der Waals surface area (Å²) in [4.78, 5) is 17.9. The highest BCUT2D eigenvalue weighted by Gasteiger charge is 2.38. The van der Waals surface area contributed by atoms with Crippen molar-refractivity contribution in [1.29, 1.82) is 0 Å². The van der Waals surface area contributed by atoms with Crippen LogP contribution in [0.2, 0.25) is 0 Å². The Hall–Kier alpha value is -1.00. The molecular formula is C14H24ClN5O3S. The van der Waals surface area contributed by atoms with Crippen molar-refractivity contribution in [2.24, 2.45) is 10.7 Å². The number of sulfonamides is 1. The first-order valence-electron chi connectivity index (χ1n) is 7.83. The standard InChI is InChI=1S/C14H24ClN5O3S/c1-14(2)13(21)17-5-6-20(14)9-10(16)7-19-24(22,23)11-3-4-12(15)18-8-11/h8,10,19H,3-7,9,16H2,1-2H3,(H,17,21). The second kappa shape index (κ2) is 7.49. The number of rotatable bonds is 6. The fraction of sp³-hybridized carbons (Fsp3) is 0.714. The average Bonchev–Trinajstić information content (AvgIpc) is 2.51. The van der Waals surface area contributed by atoms with E-state index < -0.39 is 21.6 Å². The van der Waals surface area contributed by atoms with Crippen LogP contribution in [0.1, 0.15) is 26.7 Å². The number of carbonyl (C=O) groups excluding carboxylic acids is 1. The van der Waals surface area contributed by atoms with E-state index in [1.165, 1.54) is 6.20 Å². The number of allylic oxidation sites excluding steroid dienone is 1. The number of carbonyl (C=O) groups is 1. The maximum atomic E-state index is 12.2. The van der Waals surface area contributed by atoms with Gasteiger partial charge in [-0.3, -0.25) is 9.69 Å². The zero-order chi connectivity index (χ0) is 18.0. The third kappa shape index (κ3) is 4.54. The molecule has 0 saturated carbocycles. The van der Waals surface area contributed by atoms with Crippen molar-refractivity contribution in [2.75, 3.05) is 26.2 Å². The van der Waals surface area contributed by atoms with Gasteiger partial charge in [0.15, 0.2) is 0 Å². The minimum atomic E-state index is -3.61. The van der Waals surface area contributed by atoms with Crippen molar-refractivity contribution in [3.8, 4) is 0 Å². The summed E-state index contributed by atoms with van der Waals surface area (Å²) in [5.74, 6) is -0.0522. The third-order valence-corrected chi connectivity index (χ3v) is 6.11. The summed E-state index contributed by atoms with van der Waals surface area (Å²) in [6.45, 7) is 5.40. The molecule has 8 nitrogen and oxygen atoms in total. The van der Waals surface area contributed by atoms with Crippen LogP contribution in [0, 0.1) is 0 Å². The third-order valence-electron chi connectivity index (χ3n) is 4.28. The highest BCUT2D eigenvalue weighted by Crippen LogP contribution is 2.19. The molecule has 0 aromatic carbocycles. The summed E-state index contributed by atoms with van der Waals surface area (Å²) in [6, 6.07) is -0.429. The normalized spacial score (nSPS) is 23.2. The summed E-state index contributed by atoms with van der Waals surface area (Å²) < 4.78 is 27.0. The van der Waals surface area contributed by atoms with Gasteiger partial charge in [0.1, 0.15) is 5.17 Å². The molecule has 2 rings (SSSR count). The second-order valence-electron chi connectivity index (χ2n) is 6.47. The van der Waals surface area contributed by atoms with Gasteiger partial charge in [-0.2, -0.15) is 0 Å². The van der Waals surface area contributed by atoms with Crippen molar-refractivity contribution in [2.45, 2.75) is 38.3 Å². The van der Waals surface area contributed by atoms with Crippen LogP contribution in [0.15, 0.2) is 16.1 Å². The van der Waals surface area contributed by atoms with Gasteiger partial charge in [-0.1, -0.05) is 11.6 Å². The number of nitrogens with two attached hydrogens (primary N) is 1. The monoisotopic (exact) mass is 377 g/mol. The van der Waals surface area contributed by atoms with E-state index in [-0.39, 0.29) is 17.4 Å². The van der Waals surface area contributed by atoms with Crippen molar-refractivity contribution in [1.82, 2.24) is 14.9 Å². The Labute approximate surface area is 147 Å².